The minimum absolute atomic E-state index is 0.210. The Bertz CT molecular complexity index is 867. The van der Waals surface area contributed by atoms with Crippen LogP contribution in [0.2, 0.25) is 5.02 Å². The van der Waals surface area contributed by atoms with Crippen LogP contribution in [0.15, 0.2) is 71.8 Å². The summed E-state index contributed by atoms with van der Waals surface area (Å²) in [4.78, 5) is 17.8. The number of thioether (sulfide) groups is 1. The first-order valence-electron chi connectivity index (χ1n) is 7.79. The summed E-state index contributed by atoms with van der Waals surface area (Å²) in [5, 5.41) is 3.34. The molecule has 0 aliphatic heterocycles. The first kappa shape index (κ1) is 17.5. The molecule has 126 valence electrons. The quantitative estimate of drug-likeness (QED) is 0.621. The van der Waals surface area contributed by atoms with E-state index in [0.29, 0.717) is 10.6 Å². The molecule has 2 aromatic carbocycles. The molecule has 0 radical (unpaired) electrons. The molecule has 3 nitrogen and oxygen atoms in total. The van der Waals surface area contributed by atoms with Crippen LogP contribution in [-0.4, -0.2) is 17.1 Å². The Kier molecular flexibility index (Phi) is 5.74. The lowest BCUT2D eigenvalue weighted by atomic mass is 10.1. The van der Waals surface area contributed by atoms with Crippen LogP contribution in [0.5, 0.6) is 0 Å². The van der Waals surface area contributed by atoms with Gasteiger partial charge in [-0.1, -0.05) is 29.8 Å². The number of rotatable bonds is 5. The lowest BCUT2D eigenvalue weighted by Crippen LogP contribution is -2.12. The minimum Gasteiger partial charge on any atom is -0.322 e. The Labute approximate surface area is 156 Å². The lowest BCUT2D eigenvalue weighted by molar-refractivity contribution is 0.102. The number of anilines is 1. The lowest BCUT2D eigenvalue weighted by Gasteiger charge is -2.09. The largest absolute Gasteiger partial charge is 0.322 e. The molecule has 0 aliphatic carbocycles. The van der Waals surface area contributed by atoms with E-state index in [4.69, 9.17) is 11.6 Å². The van der Waals surface area contributed by atoms with E-state index in [1.165, 1.54) is 0 Å². The molecule has 1 heterocycles. The SMILES string of the molecule is CSc1ccc(Cl)c(C(=O)Nc2ccc(Cc3ccccn3)cc2)c1. The summed E-state index contributed by atoms with van der Waals surface area (Å²) in [6.45, 7) is 0. The van der Waals surface area contributed by atoms with Gasteiger partial charge in [-0.25, -0.2) is 0 Å². The molecule has 0 saturated heterocycles. The van der Waals surface area contributed by atoms with Gasteiger partial charge in [0, 0.05) is 28.9 Å². The number of nitrogens with zero attached hydrogens (tertiary/aromatic N) is 1. The number of amides is 1. The number of carbonyl (C=O) groups is 1. The van der Waals surface area contributed by atoms with Crippen LogP contribution < -0.4 is 5.32 Å². The Morgan fingerprint density at radius 3 is 2.60 bits per heavy atom. The second kappa shape index (κ2) is 8.19. The van der Waals surface area contributed by atoms with Gasteiger partial charge in [0.1, 0.15) is 0 Å². The maximum Gasteiger partial charge on any atom is 0.257 e. The van der Waals surface area contributed by atoms with E-state index in [-0.39, 0.29) is 5.91 Å². The maximum absolute atomic E-state index is 12.5. The standard InChI is InChI=1S/C20H17ClN2OS/c1-25-17-9-10-19(21)18(13-17)20(24)23-15-7-5-14(6-8-15)12-16-4-2-3-11-22-16/h2-11,13H,12H2,1H3,(H,23,24). The Morgan fingerprint density at radius 1 is 1.12 bits per heavy atom. The van der Waals surface area contributed by atoms with Crippen molar-refractivity contribution in [2.75, 3.05) is 11.6 Å². The van der Waals surface area contributed by atoms with Crippen molar-refractivity contribution in [3.63, 3.8) is 0 Å². The van der Waals surface area contributed by atoms with Crippen molar-refractivity contribution in [1.29, 1.82) is 0 Å². The zero-order chi connectivity index (χ0) is 17.6. The van der Waals surface area contributed by atoms with Crippen molar-refractivity contribution >= 4 is 35.0 Å². The van der Waals surface area contributed by atoms with Gasteiger partial charge in [-0.05, 0) is 54.3 Å². The van der Waals surface area contributed by atoms with Gasteiger partial charge in [-0.3, -0.25) is 9.78 Å². The van der Waals surface area contributed by atoms with Gasteiger partial charge in [-0.15, -0.1) is 11.8 Å². The van der Waals surface area contributed by atoms with E-state index in [2.05, 4.69) is 10.3 Å². The molecule has 0 saturated carbocycles. The third-order valence-corrected chi connectivity index (χ3v) is 4.80. The first-order chi connectivity index (χ1) is 12.2. The van der Waals surface area contributed by atoms with Crippen LogP contribution in [-0.2, 0) is 6.42 Å². The number of halogens is 1. The van der Waals surface area contributed by atoms with Crippen molar-refractivity contribution in [3.8, 4) is 0 Å². The molecule has 25 heavy (non-hydrogen) atoms. The number of aromatic nitrogens is 1. The van der Waals surface area contributed by atoms with E-state index in [9.17, 15) is 4.79 Å². The Morgan fingerprint density at radius 2 is 1.92 bits per heavy atom. The van der Waals surface area contributed by atoms with Gasteiger partial charge in [-0.2, -0.15) is 0 Å². The fourth-order valence-electron chi connectivity index (χ4n) is 2.42. The van der Waals surface area contributed by atoms with E-state index in [1.807, 2.05) is 54.8 Å². The topological polar surface area (TPSA) is 42.0 Å². The van der Waals surface area contributed by atoms with E-state index in [1.54, 1.807) is 30.1 Å². The number of carbonyl (C=O) groups excluding carboxylic acids is 1. The molecule has 5 heteroatoms. The second-order valence-electron chi connectivity index (χ2n) is 5.49. The number of benzene rings is 2. The van der Waals surface area contributed by atoms with Crippen LogP contribution >= 0.6 is 23.4 Å². The van der Waals surface area contributed by atoms with Crippen molar-refractivity contribution < 1.29 is 4.79 Å². The van der Waals surface area contributed by atoms with Crippen molar-refractivity contribution in [2.45, 2.75) is 11.3 Å². The fraction of sp³-hybridized carbons (Fsp3) is 0.100. The number of hydrogen-bond donors (Lipinski definition) is 1. The zero-order valence-electron chi connectivity index (χ0n) is 13.7. The predicted octanol–water partition coefficient (Wildman–Crippen LogP) is 5.30. The molecule has 3 aromatic rings. The van der Waals surface area contributed by atoms with Gasteiger partial charge in [0.05, 0.1) is 10.6 Å². The average molecular weight is 369 g/mol. The monoisotopic (exact) mass is 368 g/mol. The van der Waals surface area contributed by atoms with Crippen LogP contribution in [0.3, 0.4) is 0 Å². The van der Waals surface area contributed by atoms with Gasteiger partial charge in [0.2, 0.25) is 0 Å². The first-order valence-corrected chi connectivity index (χ1v) is 9.40. The summed E-state index contributed by atoms with van der Waals surface area (Å²) < 4.78 is 0. The normalized spacial score (nSPS) is 10.5. The molecule has 0 fully saturated rings. The van der Waals surface area contributed by atoms with Gasteiger partial charge < -0.3 is 5.32 Å². The highest BCUT2D eigenvalue weighted by atomic mass is 35.5. The molecular weight excluding hydrogens is 352 g/mol. The Balaban J connectivity index is 1.70. The van der Waals surface area contributed by atoms with E-state index < -0.39 is 0 Å². The summed E-state index contributed by atoms with van der Waals surface area (Å²) in [6, 6.07) is 19.1. The molecule has 0 aliphatic rings. The summed E-state index contributed by atoms with van der Waals surface area (Å²) in [7, 11) is 0. The van der Waals surface area contributed by atoms with Gasteiger partial charge in [0.25, 0.3) is 5.91 Å². The van der Waals surface area contributed by atoms with Crippen LogP contribution in [0, 0.1) is 0 Å². The zero-order valence-corrected chi connectivity index (χ0v) is 15.3. The molecule has 0 spiro atoms. The highest BCUT2D eigenvalue weighted by molar-refractivity contribution is 7.98. The van der Waals surface area contributed by atoms with Crippen molar-refractivity contribution in [3.05, 3.63) is 88.7 Å². The van der Waals surface area contributed by atoms with Crippen molar-refractivity contribution in [2.24, 2.45) is 0 Å². The summed E-state index contributed by atoms with van der Waals surface area (Å²) in [5.74, 6) is -0.210. The molecule has 0 unspecified atom stereocenters. The van der Waals surface area contributed by atoms with Crippen LogP contribution in [0.4, 0.5) is 5.69 Å². The van der Waals surface area contributed by atoms with Gasteiger partial charge >= 0.3 is 0 Å². The Hall–Kier alpha value is -2.30. The van der Waals surface area contributed by atoms with E-state index in [0.717, 1.165) is 28.3 Å². The predicted molar refractivity (Wildman–Crippen MR) is 105 cm³/mol. The number of hydrogen-bond acceptors (Lipinski definition) is 3. The molecule has 0 atom stereocenters. The smallest absolute Gasteiger partial charge is 0.257 e. The fourth-order valence-corrected chi connectivity index (χ4v) is 3.06. The summed E-state index contributed by atoms with van der Waals surface area (Å²) >= 11 is 7.73. The third kappa shape index (κ3) is 4.62. The molecular formula is C20H17ClN2OS. The number of nitrogens with one attached hydrogen (secondary N) is 1. The maximum atomic E-state index is 12.5. The van der Waals surface area contributed by atoms with Crippen LogP contribution in [0.25, 0.3) is 0 Å². The van der Waals surface area contributed by atoms with E-state index >= 15 is 0 Å². The minimum atomic E-state index is -0.210. The molecule has 1 N–H and O–H groups in total. The van der Waals surface area contributed by atoms with Crippen LogP contribution in [0.1, 0.15) is 21.6 Å². The molecule has 1 aromatic heterocycles. The third-order valence-electron chi connectivity index (χ3n) is 3.74. The summed E-state index contributed by atoms with van der Waals surface area (Å²) in [6.07, 6.45) is 4.51. The molecule has 1 amide bonds. The van der Waals surface area contributed by atoms with Gasteiger partial charge in [0.15, 0.2) is 0 Å². The average Bonchev–Trinajstić information content (AvgIpc) is 2.64. The molecule has 0 bridgehead atoms. The molecule has 3 rings (SSSR count). The highest BCUT2D eigenvalue weighted by Gasteiger charge is 2.11. The second-order valence-corrected chi connectivity index (χ2v) is 6.78. The summed E-state index contributed by atoms with van der Waals surface area (Å²) in [5.41, 5.74) is 3.37. The highest BCUT2D eigenvalue weighted by Crippen LogP contribution is 2.24. The number of pyridine rings is 1. The van der Waals surface area contributed by atoms with Crippen molar-refractivity contribution in [1.82, 2.24) is 4.98 Å².